The quantitative estimate of drug-likeness (QED) is 0.542. The minimum absolute atomic E-state index is 0.923. The second-order valence-corrected chi connectivity index (χ2v) is 3.63. The van der Waals surface area contributed by atoms with Crippen LogP contribution in [-0.4, -0.2) is 24.5 Å². The van der Waals surface area contributed by atoms with Gasteiger partial charge in [-0.2, -0.15) is 0 Å². The predicted molar refractivity (Wildman–Crippen MR) is 45.1 cm³/mol. The van der Waals surface area contributed by atoms with E-state index in [1.165, 1.54) is 25.8 Å². The lowest BCUT2D eigenvalue weighted by molar-refractivity contribution is 0.435. The van der Waals surface area contributed by atoms with Crippen molar-refractivity contribution in [2.45, 2.75) is 39.2 Å². The van der Waals surface area contributed by atoms with Crippen LogP contribution in [0.3, 0.4) is 0 Å². The Balaban J connectivity index is 2.04. The zero-order valence-electron chi connectivity index (χ0n) is 7.43. The maximum absolute atomic E-state index is 2.43. The lowest BCUT2D eigenvalue weighted by Gasteiger charge is -2.07. The third kappa shape index (κ3) is 1.98. The second-order valence-electron chi connectivity index (χ2n) is 3.63. The van der Waals surface area contributed by atoms with Crippen LogP contribution < -0.4 is 0 Å². The van der Waals surface area contributed by atoms with Crippen molar-refractivity contribution in [3.63, 3.8) is 0 Å². The van der Waals surface area contributed by atoms with Gasteiger partial charge in [-0.05, 0) is 19.4 Å². The number of rotatable bonds is 4. The zero-order valence-corrected chi connectivity index (χ0v) is 7.43. The predicted octanol–water partition coefficient (Wildman–Crippen LogP) is 2.13. The Morgan fingerprint density at radius 2 is 2.20 bits per heavy atom. The molecule has 3 atom stereocenters. The number of nitrogens with zero attached hydrogens (tertiary/aromatic N) is 1. The van der Waals surface area contributed by atoms with Gasteiger partial charge in [0, 0.05) is 12.6 Å². The van der Waals surface area contributed by atoms with Gasteiger partial charge in [0.15, 0.2) is 0 Å². The Bertz CT molecular complexity index is 101. The molecule has 1 heteroatoms. The van der Waals surface area contributed by atoms with Crippen LogP contribution in [0.15, 0.2) is 0 Å². The van der Waals surface area contributed by atoms with Crippen LogP contribution in [0.1, 0.15) is 33.1 Å². The highest BCUT2D eigenvalue weighted by atomic mass is 15.3. The molecule has 0 aliphatic carbocycles. The molecule has 0 bridgehead atoms. The molecule has 60 valence electrons. The highest BCUT2D eigenvalue weighted by Gasteiger charge is 2.33. The van der Waals surface area contributed by atoms with E-state index in [2.05, 4.69) is 25.8 Å². The van der Waals surface area contributed by atoms with Crippen LogP contribution in [0.2, 0.25) is 0 Å². The maximum atomic E-state index is 2.43. The van der Waals surface area contributed by atoms with Gasteiger partial charge in [0.05, 0.1) is 0 Å². The summed E-state index contributed by atoms with van der Waals surface area (Å²) in [6.45, 7) is 5.98. The van der Waals surface area contributed by atoms with Crippen molar-refractivity contribution in [1.29, 1.82) is 0 Å². The normalized spacial score (nSPS) is 33.9. The monoisotopic (exact) mass is 141 g/mol. The van der Waals surface area contributed by atoms with Gasteiger partial charge in [0.1, 0.15) is 0 Å². The highest BCUT2D eigenvalue weighted by Crippen LogP contribution is 2.26. The van der Waals surface area contributed by atoms with Crippen LogP contribution in [0.25, 0.3) is 0 Å². The summed E-state index contributed by atoms with van der Waals surface area (Å²) in [5.41, 5.74) is 0. The van der Waals surface area contributed by atoms with E-state index in [-0.39, 0.29) is 0 Å². The van der Waals surface area contributed by atoms with E-state index in [0.29, 0.717) is 0 Å². The molecule has 0 aromatic heterocycles. The molecule has 0 spiro atoms. The second kappa shape index (κ2) is 3.38. The van der Waals surface area contributed by atoms with Gasteiger partial charge in [-0.15, -0.1) is 0 Å². The van der Waals surface area contributed by atoms with Crippen LogP contribution in [0.4, 0.5) is 0 Å². The van der Waals surface area contributed by atoms with Crippen LogP contribution in [-0.2, 0) is 0 Å². The van der Waals surface area contributed by atoms with Crippen molar-refractivity contribution in [2.75, 3.05) is 13.6 Å². The molecule has 1 aliphatic rings. The van der Waals surface area contributed by atoms with Crippen LogP contribution in [0, 0.1) is 5.92 Å². The lowest BCUT2D eigenvalue weighted by Crippen LogP contribution is -2.07. The Morgan fingerprint density at radius 1 is 1.60 bits per heavy atom. The summed E-state index contributed by atoms with van der Waals surface area (Å²) in [7, 11) is 2.22. The van der Waals surface area contributed by atoms with Crippen LogP contribution >= 0.6 is 0 Å². The summed E-state index contributed by atoms with van der Waals surface area (Å²) in [4.78, 5) is 2.43. The summed E-state index contributed by atoms with van der Waals surface area (Å²) < 4.78 is 0. The number of unbranched alkanes of at least 4 members (excludes halogenated alkanes) is 1. The maximum Gasteiger partial charge on any atom is 0.0246 e. The summed E-state index contributed by atoms with van der Waals surface area (Å²) in [5.74, 6) is 0.935. The van der Waals surface area contributed by atoms with Gasteiger partial charge in [-0.3, -0.25) is 0 Å². The van der Waals surface area contributed by atoms with E-state index >= 15 is 0 Å². The van der Waals surface area contributed by atoms with Gasteiger partial charge in [0.2, 0.25) is 0 Å². The van der Waals surface area contributed by atoms with E-state index in [9.17, 15) is 0 Å². The fraction of sp³-hybridized carbons (Fsp3) is 1.00. The lowest BCUT2D eigenvalue weighted by atomic mass is 10.0. The molecule has 0 radical (unpaired) electrons. The third-order valence-electron chi connectivity index (χ3n) is 2.58. The minimum atomic E-state index is 0.923. The summed E-state index contributed by atoms with van der Waals surface area (Å²) >= 11 is 0. The van der Waals surface area contributed by atoms with E-state index in [0.717, 1.165) is 12.0 Å². The molecule has 0 saturated carbocycles. The average molecular weight is 141 g/mol. The molecule has 0 amide bonds. The zero-order chi connectivity index (χ0) is 7.56. The molecule has 1 rings (SSSR count). The highest BCUT2D eigenvalue weighted by molar-refractivity contribution is 4.89. The van der Waals surface area contributed by atoms with E-state index in [4.69, 9.17) is 0 Å². The van der Waals surface area contributed by atoms with Crippen LogP contribution in [0.5, 0.6) is 0 Å². The van der Waals surface area contributed by atoms with Crippen molar-refractivity contribution in [1.82, 2.24) is 4.90 Å². The average Bonchev–Trinajstić information content (AvgIpc) is 2.62. The molecule has 1 saturated heterocycles. The topological polar surface area (TPSA) is 3.01 Å². The number of hydrogen-bond donors (Lipinski definition) is 0. The molecule has 0 aromatic carbocycles. The molecule has 0 N–H and O–H groups in total. The Labute approximate surface area is 64.4 Å². The fourth-order valence-electron chi connectivity index (χ4n) is 1.58. The molecular weight excluding hydrogens is 122 g/mol. The van der Waals surface area contributed by atoms with Crippen molar-refractivity contribution >= 4 is 0 Å². The SMILES string of the molecule is CCCCC(C)C1CN1C. The van der Waals surface area contributed by atoms with Gasteiger partial charge in [-0.1, -0.05) is 26.7 Å². The van der Waals surface area contributed by atoms with E-state index < -0.39 is 0 Å². The Kier molecular flexibility index (Phi) is 2.72. The molecule has 0 aromatic rings. The van der Waals surface area contributed by atoms with Gasteiger partial charge in [0.25, 0.3) is 0 Å². The Morgan fingerprint density at radius 3 is 2.60 bits per heavy atom. The van der Waals surface area contributed by atoms with E-state index in [1.54, 1.807) is 0 Å². The standard InChI is InChI=1S/C9H19N/c1-4-5-6-8(2)9-7-10(9)3/h8-9H,4-7H2,1-3H3. The fourth-order valence-corrected chi connectivity index (χ4v) is 1.58. The smallest absolute Gasteiger partial charge is 0.0246 e. The molecule has 1 nitrogen and oxygen atoms in total. The number of likely N-dealkylation sites (N-methyl/N-ethyl adjacent to an activating group) is 1. The van der Waals surface area contributed by atoms with Crippen molar-refractivity contribution in [3.05, 3.63) is 0 Å². The summed E-state index contributed by atoms with van der Waals surface area (Å²) in [6, 6.07) is 0.923. The first-order chi connectivity index (χ1) is 4.75. The molecule has 1 heterocycles. The first-order valence-corrected chi connectivity index (χ1v) is 4.46. The molecule has 1 fully saturated rings. The van der Waals surface area contributed by atoms with Crippen molar-refractivity contribution < 1.29 is 0 Å². The summed E-state index contributed by atoms with van der Waals surface area (Å²) in [5, 5.41) is 0. The van der Waals surface area contributed by atoms with Gasteiger partial charge >= 0.3 is 0 Å². The minimum Gasteiger partial charge on any atom is -0.300 e. The summed E-state index contributed by atoms with van der Waals surface area (Å²) in [6.07, 6.45) is 4.18. The largest absolute Gasteiger partial charge is 0.300 e. The molecular formula is C9H19N. The van der Waals surface area contributed by atoms with Gasteiger partial charge in [-0.25, -0.2) is 0 Å². The van der Waals surface area contributed by atoms with E-state index in [1.807, 2.05) is 0 Å². The first kappa shape index (κ1) is 8.06. The van der Waals surface area contributed by atoms with Gasteiger partial charge < -0.3 is 4.90 Å². The first-order valence-electron chi connectivity index (χ1n) is 4.46. The molecule has 10 heavy (non-hydrogen) atoms. The Hall–Kier alpha value is -0.0400. The van der Waals surface area contributed by atoms with Crippen molar-refractivity contribution in [2.24, 2.45) is 5.92 Å². The molecule has 1 aliphatic heterocycles. The third-order valence-corrected chi connectivity index (χ3v) is 2.58. The molecule has 3 unspecified atom stereocenters. The van der Waals surface area contributed by atoms with Crippen molar-refractivity contribution in [3.8, 4) is 0 Å². The number of hydrogen-bond acceptors (Lipinski definition) is 1.